The Kier molecular flexibility index (Phi) is 22.3. The van der Waals surface area contributed by atoms with Crippen LogP contribution in [0.25, 0.3) is 0 Å². The zero-order chi connectivity index (χ0) is 21.5. The minimum atomic E-state index is -4.09. The molecule has 0 atom stereocenters. The molecule has 0 N–H and O–H groups in total. The van der Waals surface area contributed by atoms with Gasteiger partial charge in [-0.2, -0.15) is 8.42 Å². The molecule has 0 radical (unpaired) electrons. The van der Waals surface area contributed by atoms with E-state index in [1.165, 1.54) is 83.5 Å². The smallest absolute Gasteiger partial charge is 0.379 e. The van der Waals surface area contributed by atoms with E-state index in [4.69, 9.17) is 9.62 Å². The van der Waals surface area contributed by atoms with Crippen LogP contribution in [0.3, 0.4) is 0 Å². The number of hydrogen-bond acceptors (Lipinski definition) is 6. The zero-order valence-electron chi connectivity index (χ0n) is 19.0. The van der Waals surface area contributed by atoms with Gasteiger partial charge in [0, 0.05) is 6.61 Å². The lowest BCUT2D eigenvalue weighted by molar-refractivity contribution is -0.210. The molecule has 0 aliphatic heterocycles. The number of rotatable bonds is 24. The summed E-state index contributed by atoms with van der Waals surface area (Å²) in [6, 6.07) is 0. The van der Waals surface area contributed by atoms with E-state index in [1.54, 1.807) is 0 Å². The van der Waals surface area contributed by atoms with Gasteiger partial charge in [0.05, 0.1) is 19.8 Å². The number of hydrogen-bond donors (Lipinski definition) is 0. The van der Waals surface area contributed by atoms with Crippen molar-refractivity contribution in [1.82, 2.24) is 0 Å². The molecule has 0 aromatic heterocycles. The fraction of sp³-hybridized carbons (Fsp3) is 1.00. The Balaban J connectivity index is 3.20. The minimum absolute atomic E-state index is 0.0709. The molecule has 0 saturated carbocycles. The van der Waals surface area contributed by atoms with Crippen molar-refractivity contribution >= 4 is 10.4 Å². The summed E-state index contributed by atoms with van der Waals surface area (Å²) in [6.45, 7) is 5.00. The fourth-order valence-corrected chi connectivity index (χ4v) is 3.66. The molecule has 0 aromatic carbocycles. The molecule has 0 unspecified atom stereocenters. The second kappa shape index (κ2) is 22.5. The summed E-state index contributed by atoms with van der Waals surface area (Å²) < 4.78 is 36.6. The van der Waals surface area contributed by atoms with Crippen LogP contribution < -0.4 is 0 Å². The maximum atomic E-state index is 11.3. The van der Waals surface area contributed by atoms with Gasteiger partial charge < -0.3 is 4.74 Å². The first-order valence-corrected chi connectivity index (χ1v) is 13.2. The third-order valence-electron chi connectivity index (χ3n) is 4.87. The lowest BCUT2D eigenvalue weighted by atomic mass is 10.0. The molecule has 0 saturated heterocycles. The van der Waals surface area contributed by atoms with Crippen LogP contribution >= 0.6 is 0 Å². The summed E-state index contributed by atoms with van der Waals surface area (Å²) in [4.78, 5) is 4.72. The van der Waals surface area contributed by atoms with Gasteiger partial charge in [-0.25, -0.2) is 9.07 Å². The van der Waals surface area contributed by atoms with Crippen molar-refractivity contribution in [2.45, 2.75) is 117 Å². The minimum Gasteiger partial charge on any atom is -0.379 e. The third kappa shape index (κ3) is 23.9. The third-order valence-corrected chi connectivity index (χ3v) is 5.59. The van der Waals surface area contributed by atoms with Crippen LogP contribution in [0.2, 0.25) is 0 Å². The molecule has 0 rings (SSSR count). The van der Waals surface area contributed by atoms with Crippen molar-refractivity contribution in [3.8, 4) is 0 Å². The molecule has 6 nitrogen and oxygen atoms in total. The van der Waals surface area contributed by atoms with Crippen molar-refractivity contribution in [1.29, 1.82) is 0 Å². The highest BCUT2D eigenvalue weighted by atomic mass is 32.3. The van der Waals surface area contributed by atoms with E-state index in [0.717, 1.165) is 19.3 Å². The average molecular weight is 439 g/mol. The molecule has 0 spiro atoms. The van der Waals surface area contributed by atoms with Crippen LogP contribution in [0.5, 0.6) is 0 Å². The van der Waals surface area contributed by atoms with E-state index >= 15 is 0 Å². The predicted octanol–water partition coefficient (Wildman–Crippen LogP) is 6.49. The molecule has 7 heteroatoms. The summed E-state index contributed by atoms with van der Waals surface area (Å²) in [5.74, 6) is 0. The van der Waals surface area contributed by atoms with E-state index < -0.39 is 10.4 Å². The number of ether oxygens (including phenoxy) is 1. The lowest BCUT2D eigenvalue weighted by Crippen LogP contribution is -2.14. The maximum Gasteiger partial charge on any atom is 0.426 e. The SMILES string of the molecule is CCCCCCCCCCCCCCCCCCOOS(=O)(=O)OCCOCC. The maximum absolute atomic E-state index is 11.3. The zero-order valence-corrected chi connectivity index (χ0v) is 19.8. The molecule has 0 aliphatic carbocycles. The topological polar surface area (TPSA) is 71.1 Å². The van der Waals surface area contributed by atoms with Gasteiger partial charge in [-0.3, -0.25) is 0 Å². The Morgan fingerprint density at radius 2 is 1.00 bits per heavy atom. The van der Waals surface area contributed by atoms with Gasteiger partial charge in [0.2, 0.25) is 0 Å². The molecule has 0 aromatic rings. The summed E-state index contributed by atoms with van der Waals surface area (Å²) in [5.41, 5.74) is 0. The van der Waals surface area contributed by atoms with Crippen LogP contribution in [0.1, 0.15) is 117 Å². The highest BCUT2D eigenvalue weighted by Crippen LogP contribution is 2.13. The first-order valence-electron chi connectivity index (χ1n) is 11.9. The monoisotopic (exact) mass is 438 g/mol. The quantitative estimate of drug-likeness (QED) is 0.0973. The molecule has 29 heavy (non-hydrogen) atoms. The Labute approximate surface area is 180 Å². The van der Waals surface area contributed by atoms with Crippen molar-refractivity contribution in [2.24, 2.45) is 0 Å². The van der Waals surface area contributed by atoms with Crippen LogP contribution in [-0.2, 0) is 28.5 Å². The van der Waals surface area contributed by atoms with Crippen molar-refractivity contribution in [3.63, 3.8) is 0 Å². The van der Waals surface area contributed by atoms with Crippen molar-refractivity contribution in [3.05, 3.63) is 0 Å². The van der Waals surface area contributed by atoms with Crippen molar-refractivity contribution in [2.75, 3.05) is 26.4 Å². The standard InChI is InChI=1S/C22H46O6S/c1-3-5-6-7-8-9-10-11-12-13-14-15-16-17-18-19-20-26-28-29(23,24)27-22-21-25-4-2/h3-22H2,1-2H3. The summed E-state index contributed by atoms with van der Waals surface area (Å²) in [7, 11) is -4.09. The van der Waals surface area contributed by atoms with Gasteiger partial charge in [0.25, 0.3) is 0 Å². The highest BCUT2D eigenvalue weighted by Gasteiger charge is 2.12. The molecule has 0 amide bonds. The first kappa shape index (κ1) is 28.8. The molecular formula is C22H46O6S. The van der Waals surface area contributed by atoms with Gasteiger partial charge >= 0.3 is 10.4 Å². The summed E-state index contributed by atoms with van der Waals surface area (Å²) >= 11 is 0. The Bertz CT molecular complexity index is 414. The fourth-order valence-electron chi connectivity index (χ4n) is 3.16. The Hall–Kier alpha value is -0.210. The second-order valence-corrected chi connectivity index (χ2v) is 8.81. The first-order chi connectivity index (χ1) is 14.1. The molecule has 0 heterocycles. The Morgan fingerprint density at radius 3 is 1.45 bits per heavy atom. The second-order valence-electron chi connectivity index (χ2n) is 7.62. The molecular weight excluding hydrogens is 392 g/mol. The van der Waals surface area contributed by atoms with Crippen LogP contribution in [0, 0.1) is 0 Å². The molecule has 0 bridgehead atoms. The van der Waals surface area contributed by atoms with Gasteiger partial charge in [-0.1, -0.05) is 108 Å². The van der Waals surface area contributed by atoms with Gasteiger partial charge in [-0.05, 0) is 13.3 Å². The average Bonchev–Trinajstić information content (AvgIpc) is 2.70. The van der Waals surface area contributed by atoms with Crippen molar-refractivity contribution < 1.29 is 26.6 Å². The van der Waals surface area contributed by atoms with Crippen LogP contribution in [0.4, 0.5) is 0 Å². The van der Waals surface area contributed by atoms with E-state index in [1.807, 2.05) is 6.92 Å². The van der Waals surface area contributed by atoms with E-state index in [9.17, 15) is 8.42 Å². The van der Waals surface area contributed by atoms with Crippen LogP contribution in [0.15, 0.2) is 0 Å². The van der Waals surface area contributed by atoms with E-state index in [2.05, 4.69) is 15.4 Å². The predicted molar refractivity (Wildman–Crippen MR) is 118 cm³/mol. The molecule has 0 fully saturated rings. The number of unbranched alkanes of at least 4 members (excludes halogenated alkanes) is 15. The van der Waals surface area contributed by atoms with Gasteiger partial charge in [0.15, 0.2) is 0 Å². The normalized spacial score (nSPS) is 11.9. The van der Waals surface area contributed by atoms with Gasteiger partial charge in [0.1, 0.15) is 0 Å². The lowest BCUT2D eigenvalue weighted by Gasteiger charge is -2.06. The Morgan fingerprint density at radius 1 is 0.552 bits per heavy atom. The summed E-state index contributed by atoms with van der Waals surface area (Å²) in [6.07, 6.45) is 20.7. The van der Waals surface area contributed by atoms with E-state index in [0.29, 0.717) is 6.61 Å². The largest absolute Gasteiger partial charge is 0.426 e. The van der Waals surface area contributed by atoms with E-state index in [-0.39, 0.29) is 19.8 Å². The molecule has 0 aliphatic rings. The summed E-state index contributed by atoms with van der Waals surface area (Å²) in [5, 5.41) is 0. The van der Waals surface area contributed by atoms with Crippen LogP contribution in [-0.4, -0.2) is 34.8 Å². The highest BCUT2D eigenvalue weighted by molar-refractivity contribution is 7.81. The molecule has 176 valence electrons. The van der Waals surface area contributed by atoms with Gasteiger partial charge in [-0.15, -0.1) is 0 Å².